The van der Waals surface area contributed by atoms with Gasteiger partial charge < -0.3 is 10.0 Å². The van der Waals surface area contributed by atoms with Crippen molar-refractivity contribution in [3.63, 3.8) is 0 Å². The van der Waals surface area contributed by atoms with Gasteiger partial charge in [0.05, 0.1) is 4.92 Å². The number of Topliss-reactive ketones (excluding diaryl/α,β-unsaturated/α-hetero) is 1. The Morgan fingerprint density at radius 1 is 0.912 bits per heavy atom. The van der Waals surface area contributed by atoms with Crippen LogP contribution in [-0.4, -0.2) is 15.6 Å². The van der Waals surface area contributed by atoms with Crippen LogP contribution >= 0.6 is 0 Å². The third kappa shape index (κ3) is 5.34. The van der Waals surface area contributed by atoms with Crippen molar-refractivity contribution in [2.24, 2.45) is 0 Å². The number of nitrogens with zero attached hydrogens (tertiary/aromatic N) is 3. The van der Waals surface area contributed by atoms with E-state index in [-0.39, 0.29) is 17.2 Å². The molecular weight excluding hydrogens is 430 g/mol. The summed E-state index contributed by atoms with van der Waals surface area (Å²) in [7, 11) is 0. The van der Waals surface area contributed by atoms with Crippen LogP contribution in [0.4, 0.5) is 5.69 Å². The number of hydrogen-bond acceptors (Lipinski definition) is 5. The van der Waals surface area contributed by atoms with Gasteiger partial charge in [-0.3, -0.25) is 14.9 Å². The van der Waals surface area contributed by atoms with Gasteiger partial charge in [-0.05, 0) is 47.6 Å². The number of non-ortho nitro benzene ring substituents is 1. The van der Waals surface area contributed by atoms with Crippen LogP contribution in [0, 0.1) is 23.3 Å². The second kappa shape index (κ2) is 9.79. The Morgan fingerprint density at radius 3 is 2.09 bits per heavy atom. The summed E-state index contributed by atoms with van der Waals surface area (Å²) in [6, 6.07) is 16.7. The highest BCUT2D eigenvalue weighted by molar-refractivity contribution is 6.00. The molecule has 0 unspecified atom stereocenters. The van der Waals surface area contributed by atoms with E-state index in [4.69, 9.17) is 0 Å². The molecular formula is C27H21N3O4. The Hall–Kier alpha value is -4.78. The molecule has 0 fully saturated rings. The van der Waals surface area contributed by atoms with Crippen molar-refractivity contribution in [2.45, 2.75) is 6.92 Å². The zero-order chi connectivity index (χ0) is 24.1. The topological polar surface area (TPSA) is 92.4 Å². The van der Waals surface area contributed by atoms with Gasteiger partial charge >= 0.3 is 0 Å². The maximum absolute atomic E-state index is 12.4. The molecule has 4 rings (SSSR count). The number of carbonyl (C=O) groups is 1. The lowest BCUT2D eigenvalue weighted by atomic mass is 10.1. The first-order valence-corrected chi connectivity index (χ1v) is 10.5. The first-order chi connectivity index (χ1) is 16.4. The van der Waals surface area contributed by atoms with Gasteiger partial charge in [-0.2, -0.15) is 4.24 Å². The van der Waals surface area contributed by atoms with Gasteiger partial charge in [0.1, 0.15) is 0 Å². The van der Waals surface area contributed by atoms with Crippen LogP contribution < -0.4 is 14.6 Å². The molecule has 3 aromatic rings. The third-order valence-corrected chi connectivity index (χ3v) is 5.27. The van der Waals surface area contributed by atoms with E-state index in [9.17, 15) is 20.0 Å². The summed E-state index contributed by atoms with van der Waals surface area (Å²) in [5.74, 6) is -0.339. The number of ketones is 1. The first kappa shape index (κ1) is 22.4. The van der Waals surface area contributed by atoms with Gasteiger partial charge in [-0.15, -0.1) is 0 Å². The molecule has 0 spiro atoms. The summed E-state index contributed by atoms with van der Waals surface area (Å²) >= 11 is 0. The summed E-state index contributed by atoms with van der Waals surface area (Å²) in [6.45, 7) is 1.98. The highest BCUT2D eigenvalue weighted by atomic mass is 16.6. The number of pyridine rings is 1. The van der Waals surface area contributed by atoms with E-state index in [2.05, 4.69) is 0 Å². The number of nitro benzene ring substituents is 1. The van der Waals surface area contributed by atoms with Crippen LogP contribution in [0.5, 0.6) is 0 Å². The molecule has 1 aromatic heterocycles. The van der Waals surface area contributed by atoms with Crippen LogP contribution in [0.2, 0.25) is 0 Å². The molecule has 0 radical (unpaired) electrons. The summed E-state index contributed by atoms with van der Waals surface area (Å²) in [5.41, 5.74) is 3.00. The zero-order valence-electron chi connectivity index (χ0n) is 18.4. The Kier molecular flexibility index (Phi) is 6.45. The largest absolute Gasteiger partial charge is 0.871 e. The molecule has 0 saturated heterocycles. The summed E-state index contributed by atoms with van der Waals surface area (Å²) < 4.78 is 1.63. The van der Waals surface area contributed by atoms with E-state index >= 15 is 0 Å². The van der Waals surface area contributed by atoms with E-state index in [0.717, 1.165) is 16.4 Å². The predicted octanol–water partition coefficient (Wildman–Crippen LogP) is 2.94. The highest BCUT2D eigenvalue weighted by Gasteiger charge is 2.10. The number of rotatable bonds is 5. The van der Waals surface area contributed by atoms with Gasteiger partial charge in [0.25, 0.3) is 5.69 Å². The van der Waals surface area contributed by atoms with Crippen LogP contribution in [0.25, 0.3) is 11.3 Å². The number of carbonyl (C=O) groups excluding carboxylic acids is 1. The van der Waals surface area contributed by atoms with Crippen molar-refractivity contribution in [2.75, 3.05) is 0 Å². The fourth-order valence-electron chi connectivity index (χ4n) is 3.32. The second-order valence-electron chi connectivity index (χ2n) is 7.72. The van der Waals surface area contributed by atoms with Crippen molar-refractivity contribution in [3.05, 3.63) is 142 Å². The molecule has 0 bridgehead atoms. The minimum atomic E-state index is -0.504. The van der Waals surface area contributed by atoms with E-state index in [1.165, 1.54) is 36.7 Å². The highest BCUT2D eigenvalue weighted by Crippen LogP contribution is 2.15. The van der Waals surface area contributed by atoms with E-state index < -0.39 is 4.92 Å². The molecule has 7 nitrogen and oxygen atoms in total. The molecule has 2 heterocycles. The van der Waals surface area contributed by atoms with Crippen LogP contribution in [-0.2, 0) is 0 Å². The minimum Gasteiger partial charge on any atom is -0.871 e. The fourth-order valence-corrected chi connectivity index (χ4v) is 3.32. The smallest absolute Gasteiger partial charge is 0.269 e. The first-order valence-electron chi connectivity index (χ1n) is 10.5. The van der Waals surface area contributed by atoms with Gasteiger partial charge in [-0.25, -0.2) is 0 Å². The standard InChI is InChI=1S/C27H21N3O4/c1-20-2-4-23(5-3-20)26(31)18-28-14-10-21(11-15-28)22-12-16-29(17-13-22)19-27(32)24-6-8-25(9-7-24)30(33)34/h2-19H,1H3/b26-18-. The molecule has 168 valence electrons. The quantitative estimate of drug-likeness (QED) is 0.196. The van der Waals surface area contributed by atoms with Gasteiger partial charge in [0, 0.05) is 48.4 Å². The molecule has 0 aliphatic carbocycles. The number of aromatic nitrogens is 1. The Balaban J connectivity index is 1.48. The molecule has 2 aromatic carbocycles. The number of aryl methyl sites for hydroxylation is 1. The summed E-state index contributed by atoms with van der Waals surface area (Å²) in [5, 5.41) is 24.1. The van der Waals surface area contributed by atoms with E-state index in [1.54, 1.807) is 21.5 Å². The average Bonchev–Trinajstić information content (AvgIpc) is 2.85. The van der Waals surface area contributed by atoms with Crippen molar-refractivity contribution in [1.82, 2.24) is 4.90 Å². The minimum absolute atomic E-state index is 0.0603. The SMILES string of the molecule is Cc1ccc(/C([O-])=C/N2C=CC(=c3cc[n+](=CC(=O)c4ccc([N+](=O)[O-])cc4)cc3)C=C2)cc1. The molecule has 0 saturated carbocycles. The molecule has 0 amide bonds. The number of allylic oxidation sites excluding steroid dienone is 2. The molecule has 0 N–H and O–H groups in total. The van der Waals surface area contributed by atoms with Crippen molar-refractivity contribution >= 4 is 22.8 Å². The van der Waals surface area contributed by atoms with E-state index in [1.807, 2.05) is 67.9 Å². The van der Waals surface area contributed by atoms with Crippen LogP contribution in [0.15, 0.2) is 104 Å². The van der Waals surface area contributed by atoms with Gasteiger partial charge in [0.2, 0.25) is 12.0 Å². The summed E-state index contributed by atoms with van der Waals surface area (Å²) in [6.07, 6.45) is 13.9. The molecule has 0 atom stereocenters. The van der Waals surface area contributed by atoms with E-state index in [0.29, 0.717) is 11.1 Å². The monoisotopic (exact) mass is 451 g/mol. The molecule has 1 aliphatic heterocycles. The molecule has 34 heavy (non-hydrogen) atoms. The number of nitro groups is 1. The maximum Gasteiger partial charge on any atom is 0.269 e. The predicted molar refractivity (Wildman–Crippen MR) is 126 cm³/mol. The maximum atomic E-state index is 12.4. The lowest BCUT2D eigenvalue weighted by Gasteiger charge is -2.20. The van der Waals surface area contributed by atoms with Gasteiger partial charge in [0.15, 0.2) is 12.4 Å². The average molecular weight is 451 g/mol. The number of hydrogen-bond donors (Lipinski definition) is 0. The van der Waals surface area contributed by atoms with Crippen molar-refractivity contribution in [3.8, 4) is 0 Å². The third-order valence-electron chi connectivity index (χ3n) is 5.27. The van der Waals surface area contributed by atoms with Crippen LogP contribution in [0.1, 0.15) is 21.5 Å². The Bertz CT molecular complexity index is 1410. The molecule has 7 heteroatoms. The molecule has 1 aliphatic rings. The Labute approximate surface area is 196 Å². The fraction of sp³-hybridized carbons (Fsp3) is 0.0370. The zero-order valence-corrected chi connectivity index (χ0v) is 18.4. The normalized spacial score (nSPS) is 13.1. The lowest BCUT2D eigenvalue weighted by Crippen LogP contribution is -2.22. The van der Waals surface area contributed by atoms with Crippen molar-refractivity contribution < 1.29 is 19.1 Å². The summed E-state index contributed by atoms with van der Waals surface area (Å²) in [4.78, 5) is 24.4. The van der Waals surface area contributed by atoms with Gasteiger partial charge in [-0.1, -0.05) is 35.6 Å². The van der Waals surface area contributed by atoms with Crippen LogP contribution in [0.3, 0.4) is 0 Å². The lowest BCUT2D eigenvalue weighted by molar-refractivity contribution is -0.505. The second-order valence-corrected chi connectivity index (χ2v) is 7.72. The van der Waals surface area contributed by atoms with Crippen molar-refractivity contribution in [1.29, 1.82) is 0 Å². The number of benzene rings is 2. The Morgan fingerprint density at radius 2 is 1.50 bits per heavy atom.